The second-order valence-electron chi connectivity index (χ2n) is 19.5. The summed E-state index contributed by atoms with van der Waals surface area (Å²) in [6, 6.07) is 15.4. The molecule has 8 heteroatoms. The van der Waals surface area contributed by atoms with Crippen molar-refractivity contribution in [3.63, 3.8) is 0 Å². The van der Waals surface area contributed by atoms with E-state index in [1.165, 1.54) is 0 Å². The Morgan fingerprint density at radius 2 is 0.429 bits per heavy atom. The number of ether oxygens (including phenoxy) is 4. The van der Waals surface area contributed by atoms with Crippen molar-refractivity contribution in [1.82, 2.24) is 0 Å². The van der Waals surface area contributed by atoms with Crippen LogP contribution < -0.4 is 0 Å². The zero-order valence-corrected chi connectivity index (χ0v) is 36.4. The molecule has 0 aliphatic heterocycles. The lowest BCUT2D eigenvalue weighted by atomic mass is 9.77. The van der Waals surface area contributed by atoms with E-state index in [1.54, 1.807) is 28.4 Å². The van der Waals surface area contributed by atoms with Gasteiger partial charge in [0, 0.05) is 72.9 Å². The van der Waals surface area contributed by atoms with Crippen LogP contribution in [-0.2, 0) is 40.6 Å². The van der Waals surface area contributed by atoms with Gasteiger partial charge < -0.3 is 39.4 Å². The minimum Gasteiger partial charge on any atom is -0.507 e. The molecule has 0 atom stereocenters. The third-order valence-corrected chi connectivity index (χ3v) is 11.3. The lowest BCUT2D eigenvalue weighted by Gasteiger charge is -2.33. The predicted molar refractivity (Wildman–Crippen MR) is 223 cm³/mol. The summed E-state index contributed by atoms with van der Waals surface area (Å²) < 4.78 is 25.1. The van der Waals surface area contributed by atoms with Gasteiger partial charge in [-0.25, -0.2) is 0 Å². The van der Waals surface area contributed by atoms with E-state index in [2.05, 4.69) is 83.1 Å². The number of hydrogen-bond donors (Lipinski definition) is 4. The van der Waals surface area contributed by atoms with Gasteiger partial charge in [0.05, 0.1) is 0 Å². The Balaban J connectivity index is 2.11. The van der Waals surface area contributed by atoms with Crippen LogP contribution in [0.1, 0.15) is 174 Å². The van der Waals surface area contributed by atoms with E-state index in [0.29, 0.717) is 44.5 Å². The number of rotatable bonds is 4. The fraction of sp³-hybridized carbons (Fsp3) is 0.500. The second kappa shape index (κ2) is 15.0. The van der Waals surface area contributed by atoms with E-state index >= 15 is 0 Å². The van der Waals surface area contributed by atoms with Gasteiger partial charge in [-0.15, -0.1) is 0 Å². The molecule has 0 saturated heterocycles. The van der Waals surface area contributed by atoms with Gasteiger partial charge in [0.1, 0.15) is 47.4 Å². The summed E-state index contributed by atoms with van der Waals surface area (Å²) in [6.07, 6.45) is -3.80. The van der Waals surface area contributed by atoms with Crippen molar-refractivity contribution in [3.8, 4) is 23.0 Å². The van der Waals surface area contributed by atoms with Crippen LogP contribution in [0.15, 0.2) is 48.5 Å². The average Bonchev–Trinajstić information content (AvgIpc) is 3.08. The van der Waals surface area contributed by atoms with Gasteiger partial charge in [0.2, 0.25) is 0 Å². The Morgan fingerprint density at radius 1 is 0.304 bits per heavy atom. The maximum absolute atomic E-state index is 12.5. The summed E-state index contributed by atoms with van der Waals surface area (Å²) in [4.78, 5) is 0. The summed E-state index contributed by atoms with van der Waals surface area (Å²) in [6.45, 7) is 25.1. The first-order valence-electron chi connectivity index (χ1n) is 19.4. The SMILES string of the molecule is COC1c2cc(C(C)(C)C)cc(c2O)C(OC)c2cc(C(C)(C)C)cc(c2O)C(OC)c2cc(C(C)(C)C)cc(c2O)C(OC)c2cc(C(C)(C)C)cc1c2O. The number of fused-ring (bicyclic) bond motifs is 8. The number of hydrogen-bond acceptors (Lipinski definition) is 8. The Kier molecular flexibility index (Phi) is 11.5. The van der Waals surface area contributed by atoms with Crippen molar-refractivity contribution >= 4 is 0 Å². The maximum atomic E-state index is 12.5. The molecule has 304 valence electrons. The highest BCUT2D eigenvalue weighted by atomic mass is 16.5. The molecule has 1 aliphatic carbocycles. The minimum atomic E-state index is -0.951. The van der Waals surface area contributed by atoms with Gasteiger partial charge in [-0.2, -0.15) is 0 Å². The third kappa shape index (κ3) is 7.78. The van der Waals surface area contributed by atoms with Gasteiger partial charge in [-0.3, -0.25) is 0 Å². The van der Waals surface area contributed by atoms with Gasteiger partial charge in [-0.05, 0) is 92.4 Å². The van der Waals surface area contributed by atoms with Crippen molar-refractivity contribution in [2.75, 3.05) is 28.4 Å². The number of phenolic OH excluding ortho intramolecular Hbond substituents is 4. The van der Waals surface area contributed by atoms with Crippen LogP contribution in [0, 0.1) is 0 Å². The third-order valence-electron chi connectivity index (χ3n) is 11.3. The van der Waals surface area contributed by atoms with Crippen LogP contribution in [0.5, 0.6) is 23.0 Å². The molecule has 0 fully saturated rings. The normalized spacial score (nSPS) is 19.3. The molecule has 56 heavy (non-hydrogen) atoms. The first-order chi connectivity index (χ1) is 25.8. The van der Waals surface area contributed by atoms with Crippen LogP contribution in [0.3, 0.4) is 0 Å². The maximum Gasteiger partial charge on any atom is 0.127 e. The summed E-state index contributed by atoms with van der Waals surface area (Å²) in [5.74, 6) is -0.343. The van der Waals surface area contributed by atoms with E-state index < -0.39 is 24.4 Å². The molecule has 4 aromatic rings. The molecular weight excluding hydrogens is 705 g/mol. The quantitative estimate of drug-likeness (QED) is 0.162. The first-order valence-corrected chi connectivity index (χ1v) is 19.4. The lowest BCUT2D eigenvalue weighted by molar-refractivity contribution is 0.116. The molecule has 8 bridgehead atoms. The van der Waals surface area contributed by atoms with Gasteiger partial charge >= 0.3 is 0 Å². The Bertz CT molecular complexity index is 1700. The number of benzene rings is 4. The van der Waals surface area contributed by atoms with Crippen molar-refractivity contribution in [2.45, 2.75) is 129 Å². The van der Waals surface area contributed by atoms with Crippen LogP contribution in [0.25, 0.3) is 0 Å². The molecule has 4 aromatic carbocycles. The Morgan fingerprint density at radius 3 is 0.518 bits per heavy atom. The highest BCUT2D eigenvalue weighted by Crippen LogP contribution is 2.52. The summed E-state index contributed by atoms with van der Waals surface area (Å²) in [5, 5.41) is 50.0. The van der Waals surface area contributed by atoms with Crippen LogP contribution >= 0.6 is 0 Å². The first kappa shape index (κ1) is 43.1. The Labute approximate surface area is 334 Å². The monoisotopic (exact) mass is 768 g/mol. The molecule has 1 aliphatic rings. The van der Waals surface area contributed by atoms with Crippen LogP contribution in [0.2, 0.25) is 0 Å². The largest absolute Gasteiger partial charge is 0.507 e. The average molecular weight is 769 g/mol. The van der Waals surface area contributed by atoms with Crippen molar-refractivity contribution in [1.29, 1.82) is 0 Å². The highest BCUT2D eigenvalue weighted by Gasteiger charge is 2.37. The molecule has 0 saturated carbocycles. The molecule has 0 heterocycles. The molecular formula is C48H64O8. The van der Waals surface area contributed by atoms with E-state index in [1.807, 2.05) is 48.5 Å². The molecule has 5 rings (SSSR count). The number of methoxy groups -OCH3 is 4. The molecule has 0 spiro atoms. The Hall–Kier alpha value is -4.08. The molecule has 4 N–H and O–H groups in total. The van der Waals surface area contributed by atoms with E-state index in [0.717, 1.165) is 22.3 Å². The van der Waals surface area contributed by atoms with Crippen molar-refractivity contribution in [2.24, 2.45) is 0 Å². The zero-order valence-electron chi connectivity index (χ0n) is 36.4. The van der Waals surface area contributed by atoms with E-state index in [9.17, 15) is 20.4 Å². The van der Waals surface area contributed by atoms with E-state index in [-0.39, 0.29) is 44.7 Å². The smallest absolute Gasteiger partial charge is 0.127 e. The van der Waals surface area contributed by atoms with Gasteiger partial charge in [0.15, 0.2) is 0 Å². The van der Waals surface area contributed by atoms with Crippen molar-refractivity contribution < 1.29 is 39.4 Å². The summed E-state index contributed by atoms with van der Waals surface area (Å²) in [7, 11) is 6.21. The van der Waals surface area contributed by atoms with Crippen molar-refractivity contribution in [3.05, 3.63) is 115 Å². The second-order valence-corrected chi connectivity index (χ2v) is 19.5. The number of aromatic hydroxyl groups is 4. The fourth-order valence-electron chi connectivity index (χ4n) is 7.74. The topological polar surface area (TPSA) is 118 Å². The number of phenols is 4. The summed E-state index contributed by atoms with van der Waals surface area (Å²) >= 11 is 0. The standard InChI is InChI=1S/C48H64O8/c1-45(2,3)25-17-29-37(49)30(18-25)42(54-14)32-20-27(47(7,8)9)22-34(39(32)51)44(56-16)36-24-28(48(10,11)12)23-35(40(36)52)43(55-15)33-21-26(46(4,5)6)19-31(38(33)50)41(29)53-13/h17-24,41-44,49-52H,1-16H3. The summed E-state index contributed by atoms with van der Waals surface area (Å²) in [5.41, 5.74) is 5.41. The zero-order chi connectivity index (χ0) is 42.0. The fourth-order valence-corrected chi connectivity index (χ4v) is 7.74. The van der Waals surface area contributed by atoms with Gasteiger partial charge in [0.25, 0.3) is 0 Å². The van der Waals surface area contributed by atoms with Crippen LogP contribution in [-0.4, -0.2) is 48.9 Å². The minimum absolute atomic E-state index is 0.0858. The van der Waals surface area contributed by atoms with Gasteiger partial charge in [-0.1, -0.05) is 83.1 Å². The molecule has 0 radical (unpaired) electrons. The highest BCUT2D eigenvalue weighted by molar-refractivity contribution is 5.62. The van der Waals surface area contributed by atoms with Crippen LogP contribution in [0.4, 0.5) is 0 Å². The molecule has 0 aromatic heterocycles. The molecule has 0 unspecified atom stereocenters. The lowest BCUT2D eigenvalue weighted by Crippen LogP contribution is -2.20. The van der Waals surface area contributed by atoms with E-state index in [4.69, 9.17) is 18.9 Å². The molecule has 8 nitrogen and oxygen atoms in total. The molecule has 0 amide bonds. The predicted octanol–water partition coefficient (Wildman–Crippen LogP) is 11.0.